The molecule has 0 aromatic heterocycles. The number of cyclic esters (lactones) is 1. The molecule has 1 aromatic rings. The van der Waals surface area contributed by atoms with E-state index in [2.05, 4.69) is 4.85 Å². The topological polar surface area (TPSA) is 54.1 Å². The van der Waals surface area contributed by atoms with Gasteiger partial charge in [0, 0.05) is 5.69 Å². The van der Waals surface area contributed by atoms with Gasteiger partial charge in [0.1, 0.15) is 12.1 Å². The number of aliphatic hydroxyl groups excluding tert-OH is 1. The molecule has 1 saturated heterocycles. The second kappa shape index (κ2) is 5.31. The van der Waals surface area contributed by atoms with Crippen molar-refractivity contribution in [3.63, 3.8) is 0 Å². The summed E-state index contributed by atoms with van der Waals surface area (Å²) in [5.41, 5.74) is 1.52. The number of benzene rings is 1. The van der Waals surface area contributed by atoms with Crippen molar-refractivity contribution >= 4 is 29.1 Å². The minimum absolute atomic E-state index is 0.314. The number of amides is 1. The fourth-order valence-corrected chi connectivity index (χ4v) is 2.69. The van der Waals surface area contributed by atoms with Crippen molar-refractivity contribution in [1.82, 2.24) is 0 Å². The molecule has 1 fully saturated rings. The highest BCUT2D eigenvalue weighted by Crippen LogP contribution is 2.38. The second-order valence-corrected chi connectivity index (χ2v) is 5.22. The van der Waals surface area contributed by atoms with Crippen molar-refractivity contribution in [2.75, 3.05) is 4.90 Å². The maximum Gasteiger partial charge on any atom is 0.415 e. The molecule has 0 saturated carbocycles. The molecule has 106 valence electrons. The number of anilines is 1. The van der Waals surface area contributed by atoms with Crippen LogP contribution in [0, 0.1) is 13.5 Å². The SMILES string of the molecule is [C-]#[N+]c1ccc(N2C(=O)O[C@@H](C)[C@@H]2[C@H](C)O)c(C)c1Cl. The van der Waals surface area contributed by atoms with E-state index < -0.39 is 24.3 Å². The van der Waals surface area contributed by atoms with Crippen molar-refractivity contribution in [2.45, 2.75) is 39.0 Å². The Bertz CT molecular complexity index is 595. The lowest BCUT2D eigenvalue weighted by atomic mass is 10.0. The van der Waals surface area contributed by atoms with Gasteiger partial charge in [0.25, 0.3) is 0 Å². The molecule has 1 aromatic carbocycles. The standard InChI is InChI=1S/C14H15ClN2O3/c1-7-11(6-5-10(16-4)12(7)15)17-13(8(2)18)9(3)20-14(17)19/h5-6,8-9,13,18H,1-3H3/t8-,9-,13-/m0/s1. The fraction of sp³-hybridized carbons (Fsp3) is 0.429. The summed E-state index contributed by atoms with van der Waals surface area (Å²) in [6, 6.07) is 2.74. The molecule has 1 N–H and O–H groups in total. The summed E-state index contributed by atoms with van der Waals surface area (Å²) in [6.45, 7) is 12.1. The number of carbonyl (C=O) groups is 1. The largest absolute Gasteiger partial charge is 0.444 e. The van der Waals surface area contributed by atoms with E-state index in [1.165, 1.54) is 4.90 Å². The number of ether oxygens (including phenoxy) is 1. The molecule has 2 rings (SSSR count). The highest BCUT2D eigenvalue weighted by molar-refractivity contribution is 6.34. The molecule has 0 aliphatic carbocycles. The van der Waals surface area contributed by atoms with Crippen molar-refractivity contribution in [3.05, 3.63) is 34.1 Å². The molecule has 3 atom stereocenters. The van der Waals surface area contributed by atoms with Crippen molar-refractivity contribution in [2.24, 2.45) is 0 Å². The molecule has 0 spiro atoms. The summed E-state index contributed by atoms with van der Waals surface area (Å²) < 4.78 is 5.18. The Kier molecular flexibility index (Phi) is 3.89. The lowest BCUT2D eigenvalue weighted by molar-refractivity contribution is 0.0994. The number of halogens is 1. The van der Waals surface area contributed by atoms with Crippen LogP contribution in [0.25, 0.3) is 4.85 Å². The van der Waals surface area contributed by atoms with Crippen molar-refractivity contribution in [3.8, 4) is 0 Å². The molecule has 1 aliphatic heterocycles. The van der Waals surface area contributed by atoms with E-state index in [0.717, 1.165) is 0 Å². The first-order valence-electron chi connectivity index (χ1n) is 6.23. The van der Waals surface area contributed by atoms with Crippen LogP contribution in [-0.4, -0.2) is 29.4 Å². The Hall–Kier alpha value is -1.77. The fourth-order valence-electron chi connectivity index (χ4n) is 2.49. The Balaban J connectivity index is 2.53. The quantitative estimate of drug-likeness (QED) is 0.852. The summed E-state index contributed by atoms with van der Waals surface area (Å²) in [5, 5.41) is 10.2. The van der Waals surface area contributed by atoms with E-state index in [1.807, 2.05) is 0 Å². The summed E-state index contributed by atoms with van der Waals surface area (Å²) in [5.74, 6) is 0. The van der Waals surface area contributed by atoms with Crippen LogP contribution in [0.5, 0.6) is 0 Å². The van der Waals surface area contributed by atoms with Gasteiger partial charge in [-0.3, -0.25) is 4.90 Å². The minimum Gasteiger partial charge on any atom is -0.444 e. The average Bonchev–Trinajstić information content (AvgIpc) is 2.67. The van der Waals surface area contributed by atoms with Crippen LogP contribution in [0.3, 0.4) is 0 Å². The molecule has 1 heterocycles. The third-order valence-corrected chi connectivity index (χ3v) is 3.95. The number of rotatable bonds is 2. The smallest absolute Gasteiger partial charge is 0.415 e. The molecule has 0 bridgehead atoms. The molecule has 5 nitrogen and oxygen atoms in total. The lowest BCUT2D eigenvalue weighted by Gasteiger charge is -2.27. The van der Waals surface area contributed by atoms with Crippen molar-refractivity contribution < 1.29 is 14.6 Å². The number of carbonyl (C=O) groups excluding carboxylic acids is 1. The number of hydrogen-bond donors (Lipinski definition) is 1. The van der Waals surface area contributed by atoms with E-state index in [-0.39, 0.29) is 0 Å². The van der Waals surface area contributed by atoms with Crippen molar-refractivity contribution in [1.29, 1.82) is 0 Å². The Morgan fingerprint density at radius 2 is 2.20 bits per heavy atom. The molecule has 20 heavy (non-hydrogen) atoms. The molecule has 1 amide bonds. The van der Waals surface area contributed by atoms with Gasteiger partial charge in [-0.2, -0.15) is 0 Å². The van der Waals surface area contributed by atoms with Gasteiger partial charge in [-0.25, -0.2) is 9.64 Å². The van der Waals surface area contributed by atoms with E-state index >= 15 is 0 Å². The van der Waals surface area contributed by atoms with Gasteiger partial charge >= 0.3 is 6.09 Å². The van der Waals surface area contributed by atoms with Crippen LogP contribution >= 0.6 is 11.6 Å². The third kappa shape index (κ3) is 2.21. The Morgan fingerprint density at radius 1 is 1.55 bits per heavy atom. The molecule has 1 aliphatic rings. The second-order valence-electron chi connectivity index (χ2n) is 4.84. The zero-order valence-electron chi connectivity index (χ0n) is 11.4. The number of hydrogen-bond acceptors (Lipinski definition) is 3. The number of nitrogens with zero attached hydrogens (tertiary/aromatic N) is 2. The van der Waals surface area contributed by atoms with Crippen LogP contribution in [0.2, 0.25) is 5.02 Å². The zero-order chi connectivity index (χ0) is 15.0. The van der Waals surface area contributed by atoms with Crippen LogP contribution in [0.1, 0.15) is 19.4 Å². The highest BCUT2D eigenvalue weighted by Gasteiger charge is 2.43. The van der Waals surface area contributed by atoms with Gasteiger partial charge < -0.3 is 9.84 Å². The third-order valence-electron chi connectivity index (χ3n) is 3.47. The monoisotopic (exact) mass is 294 g/mol. The summed E-state index contributed by atoms with van der Waals surface area (Å²) >= 11 is 6.13. The van der Waals surface area contributed by atoms with Gasteiger partial charge in [0.15, 0.2) is 0 Å². The van der Waals surface area contributed by atoms with Gasteiger partial charge in [0.2, 0.25) is 5.69 Å². The van der Waals surface area contributed by atoms with Gasteiger partial charge in [-0.1, -0.05) is 17.7 Å². The summed E-state index contributed by atoms with van der Waals surface area (Å²) in [4.78, 5) is 16.7. The molecule has 0 radical (unpaired) electrons. The summed E-state index contributed by atoms with van der Waals surface area (Å²) in [6.07, 6.45) is -1.67. The first kappa shape index (κ1) is 14.6. The van der Waals surface area contributed by atoms with E-state index in [4.69, 9.17) is 22.9 Å². The molecular formula is C14H15ClN2O3. The Morgan fingerprint density at radius 3 is 2.75 bits per heavy atom. The first-order chi connectivity index (χ1) is 9.38. The van der Waals surface area contributed by atoms with Crippen LogP contribution in [0.15, 0.2) is 12.1 Å². The van der Waals surface area contributed by atoms with E-state index in [9.17, 15) is 9.90 Å². The van der Waals surface area contributed by atoms with Gasteiger partial charge in [0.05, 0.1) is 17.7 Å². The van der Waals surface area contributed by atoms with Gasteiger partial charge in [-0.05, 0) is 32.4 Å². The maximum atomic E-state index is 12.0. The average molecular weight is 295 g/mol. The van der Waals surface area contributed by atoms with Gasteiger partial charge in [-0.15, -0.1) is 0 Å². The normalized spacial score (nSPS) is 23.4. The Labute approximate surface area is 122 Å². The predicted octanol–water partition coefficient (Wildman–Crippen LogP) is 3.29. The minimum atomic E-state index is -0.741. The molecule has 6 heteroatoms. The predicted molar refractivity (Wildman–Crippen MR) is 76.3 cm³/mol. The highest BCUT2D eigenvalue weighted by atomic mass is 35.5. The molecular weight excluding hydrogens is 280 g/mol. The van der Waals surface area contributed by atoms with Crippen LogP contribution < -0.4 is 4.90 Å². The summed E-state index contributed by atoms with van der Waals surface area (Å²) in [7, 11) is 0. The van der Waals surface area contributed by atoms with E-state index in [0.29, 0.717) is 22.0 Å². The van der Waals surface area contributed by atoms with Crippen LogP contribution in [-0.2, 0) is 4.74 Å². The van der Waals surface area contributed by atoms with E-state index in [1.54, 1.807) is 32.9 Å². The maximum absolute atomic E-state index is 12.0. The number of aliphatic hydroxyl groups is 1. The lowest BCUT2D eigenvalue weighted by Crippen LogP contribution is -2.44. The van der Waals surface area contributed by atoms with Crippen LogP contribution in [0.4, 0.5) is 16.2 Å². The zero-order valence-corrected chi connectivity index (χ0v) is 12.2. The molecule has 0 unspecified atom stereocenters. The first-order valence-corrected chi connectivity index (χ1v) is 6.60.